The zero-order valence-corrected chi connectivity index (χ0v) is 8.05. The lowest BCUT2D eigenvalue weighted by atomic mass is 10.4. The molecule has 0 amide bonds. The number of likely N-dealkylation sites (N-methyl/N-ethyl adjacent to an activating group) is 1. The van der Waals surface area contributed by atoms with Crippen LogP contribution in [0.3, 0.4) is 0 Å². The van der Waals surface area contributed by atoms with Crippen molar-refractivity contribution in [2.45, 2.75) is 6.92 Å². The van der Waals surface area contributed by atoms with Crippen LogP contribution < -0.4 is 4.90 Å². The summed E-state index contributed by atoms with van der Waals surface area (Å²) in [5, 5.41) is 8.78. The molecule has 1 N–H and O–H groups in total. The molecule has 0 saturated carbocycles. The smallest absolute Gasteiger partial charge is 0.225 e. The molecule has 0 fully saturated rings. The second-order valence-corrected chi connectivity index (χ2v) is 2.74. The molecule has 0 bridgehead atoms. The van der Waals surface area contributed by atoms with Gasteiger partial charge in [0.25, 0.3) is 0 Å². The van der Waals surface area contributed by atoms with E-state index in [0.29, 0.717) is 24.3 Å². The average Bonchev–Trinajstić information content (AvgIpc) is 2.26. The second kappa shape index (κ2) is 5.29. The number of aromatic nitrogens is 2. The lowest BCUT2D eigenvalue weighted by molar-refractivity contribution is 0.112. The van der Waals surface area contributed by atoms with Gasteiger partial charge in [0.15, 0.2) is 6.29 Å². The quantitative estimate of drug-likeness (QED) is 0.675. The minimum atomic E-state index is 0.0621. The minimum absolute atomic E-state index is 0.0621. The molecule has 0 atom stereocenters. The number of rotatable bonds is 5. The maximum absolute atomic E-state index is 10.3. The van der Waals surface area contributed by atoms with Gasteiger partial charge in [0.2, 0.25) is 5.95 Å². The van der Waals surface area contributed by atoms with Gasteiger partial charge in [-0.25, -0.2) is 9.97 Å². The van der Waals surface area contributed by atoms with Gasteiger partial charge in [0.05, 0.1) is 12.2 Å². The van der Waals surface area contributed by atoms with Crippen molar-refractivity contribution in [3.63, 3.8) is 0 Å². The third-order valence-corrected chi connectivity index (χ3v) is 1.83. The molecule has 0 spiro atoms. The number of aliphatic hydroxyl groups is 1. The summed E-state index contributed by atoms with van der Waals surface area (Å²) in [5.41, 5.74) is 0.453. The zero-order chi connectivity index (χ0) is 10.4. The van der Waals surface area contributed by atoms with Gasteiger partial charge in [-0.1, -0.05) is 0 Å². The van der Waals surface area contributed by atoms with Crippen LogP contribution in [0.2, 0.25) is 0 Å². The van der Waals surface area contributed by atoms with Crippen molar-refractivity contribution < 1.29 is 9.90 Å². The molecule has 1 rings (SSSR count). The number of aliphatic hydroxyl groups excluding tert-OH is 1. The topological polar surface area (TPSA) is 66.3 Å². The van der Waals surface area contributed by atoms with Crippen LogP contribution in [-0.4, -0.2) is 41.1 Å². The highest BCUT2D eigenvalue weighted by molar-refractivity contribution is 5.73. The molecule has 0 aliphatic carbocycles. The minimum Gasteiger partial charge on any atom is -0.395 e. The lowest BCUT2D eigenvalue weighted by Crippen LogP contribution is -2.27. The predicted octanol–water partition coefficient (Wildman–Crippen LogP) is 0.108. The molecule has 0 radical (unpaired) electrons. The van der Waals surface area contributed by atoms with Gasteiger partial charge in [-0.3, -0.25) is 4.79 Å². The molecule has 0 saturated heterocycles. The molecule has 0 aliphatic heterocycles. The fourth-order valence-electron chi connectivity index (χ4n) is 1.08. The molecular weight excluding hydrogens is 182 g/mol. The lowest BCUT2D eigenvalue weighted by Gasteiger charge is -2.18. The monoisotopic (exact) mass is 195 g/mol. The summed E-state index contributed by atoms with van der Waals surface area (Å²) in [6, 6.07) is 0. The van der Waals surface area contributed by atoms with E-state index in [1.165, 1.54) is 12.4 Å². The molecule has 14 heavy (non-hydrogen) atoms. The Morgan fingerprint density at radius 1 is 1.50 bits per heavy atom. The fraction of sp³-hybridized carbons (Fsp3) is 0.444. The number of anilines is 1. The van der Waals surface area contributed by atoms with E-state index in [1.807, 2.05) is 11.8 Å². The van der Waals surface area contributed by atoms with Crippen molar-refractivity contribution in [1.29, 1.82) is 0 Å². The van der Waals surface area contributed by atoms with Crippen molar-refractivity contribution in [2.24, 2.45) is 0 Å². The first-order chi connectivity index (χ1) is 6.81. The summed E-state index contributed by atoms with van der Waals surface area (Å²) in [6.45, 7) is 3.23. The summed E-state index contributed by atoms with van der Waals surface area (Å²) in [7, 11) is 0. The fourth-order valence-corrected chi connectivity index (χ4v) is 1.08. The van der Waals surface area contributed by atoms with Crippen LogP contribution >= 0.6 is 0 Å². The predicted molar refractivity (Wildman–Crippen MR) is 52.4 cm³/mol. The molecule has 76 valence electrons. The maximum atomic E-state index is 10.3. The third-order valence-electron chi connectivity index (χ3n) is 1.83. The first-order valence-electron chi connectivity index (χ1n) is 4.44. The van der Waals surface area contributed by atoms with Crippen LogP contribution in [0.4, 0.5) is 5.95 Å². The van der Waals surface area contributed by atoms with Gasteiger partial charge in [-0.2, -0.15) is 0 Å². The van der Waals surface area contributed by atoms with Crippen LogP contribution in [0.1, 0.15) is 17.3 Å². The number of carbonyl (C=O) groups excluding carboxylic acids is 1. The van der Waals surface area contributed by atoms with Gasteiger partial charge >= 0.3 is 0 Å². The molecule has 0 unspecified atom stereocenters. The number of hydrogen-bond donors (Lipinski definition) is 1. The van der Waals surface area contributed by atoms with E-state index in [2.05, 4.69) is 9.97 Å². The van der Waals surface area contributed by atoms with Crippen molar-refractivity contribution in [1.82, 2.24) is 9.97 Å². The van der Waals surface area contributed by atoms with Gasteiger partial charge in [0, 0.05) is 25.5 Å². The number of carbonyl (C=O) groups is 1. The Kier molecular flexibility index (Phi) is 4.00. The summed E-state index contributed by atoms with van der Waals surface area (Å²) in [5.74, 6) is 0.534. The van der Waals surface area contributed by atoms with Gasteiger partial charge < -0.3 is 10.0 Å². The Balaban J connectivity index is 2.77. The van der Waals surface area contributed by atoms with Crippen LogP contribution in [0.15, 0.2) is 12.4 Å². The van der Waals surface area contributed by atoms with E-state index in [-0.39, 0.29) is 6.61 Å². The largest absolute Gasteiger partial charge is 0.395 e. The highest BCUT2D eigenvalue weighted by Gasteiger charge is 2.05. The van der Waals surface area contributed by atoms with Crippen molar-refractivity contribution in [3.8, 4) is 0 Å². The van der Waals surface area contributed by atoms with Crippen molar-refractivity contribution in [2.75, 3.05) is 24.6 Å². The van der Waals surface area contributed by atoms with Crippen LogP contribution in [0, 0.1) is 0 Å². The average molecular weight is 195 g/mol. The van der Waals surface area contributed by atoms with Crippen LogP contribution in [0.25, 0.3) is 0 Å². The Labute approximate surface area is 82.4 Å². The molecular formula is C9H13N3O2. The normalized spacial score (nSPS) is 9.86. The molecule has 0 aromatic carbocycles. The highest BCUT2D eigenvalue weighted by atomic mass is 16.3. The summed E-state index contributed by atoms with van der Waals surface area (Å²) in [4.78, 5) is 20.2. The van der Waals surface area contributed by atoms with E-state index < -0.39 is 0 Å². The number of hydrogen-bond acceptors (Lipinski definition) is 5. The Morgan fingerprint density at radius 3 is 2.57 bits per heavy atom. The van der Waals surface area contributed by atoms with E-state index in [1.54, 1.807) is 0 Å². The number of nitrogens with zero attached hydrogens (tertiary/aromatic N) is 3. The summed E-state index contributed by atoms with van der Waals surface area (Å²) < 4.78 is 0. The summed E-state index contributed by atoms with van der Waals surface area (Å²) >= 11 is 0. The van der Waals surface area contributed by atoms with Gasteiger partial charge in [-0.05, 0) is 6.92 Å². The summed E-state index contributed by atoms with van der Waals surface area (Å²) in [6.07, 6.45) is 3.64. The second-order valence-electron chi connectivity index (χ2n) is 2.74. The molecule has 5 heteroatoms. The maximum Gasteiger partial charge on any atom is 0.225 e. The van der Waals surface area contributed by atoms with E-state index >= 15 is 0 Å². The van der Waals surface area contributed by atoms with Gasteiger partial charge in [0.1, 0.15) is 0 Å². The Bertz CT molecular complexity index is 287. The molecule has 1 heterocycles. The third kappa shape index (κ3) is 2.50. The van der Waals surface area contributed by atoms with E-state index in [9.17, 15) is 4.79 Å². The SMILES string of the molecule is CCN(CCO)c1ncc(C=O)cn1. The van der Waals surface area contributed by atoms with E-state index in [0.717, 1.165) is 6.54 Å². The number of aldehydes is 1. The first-order valence-corrected chi connectivity index (χ1v) is 4.44. The van der Waals surface area contributed by atoms with E-state index in [4.69, 9.17) is 5.11 Å². The van der Waals surface area contributed by atoms with Crippen molar-refractivity contribution >= 4 is 12.2 Å². The molecule has 0 aliphatic rings. The zero-order valence-electron chi connectivity index (χ0n) is 8.05. The highest BCUT2D eigenvalue weighted by Crippen LogP contribution is 2.04. The Hall–Kier alpha value is -1.49. The van der Waals surface area contributed by atoms with Gasteiger partial charge in [-0.15, -0.1) is 0 Å². The van der Waals surface area contributed by atoms with Crippen LogP contribution in [0.5, 0.6) is 0 Å². The standard InChI is InChI=1S/C9H13N3O2/c1-2-12(3-4-13)9-10-5-8(7-14)6-11-9/h5-7,13H,2-4H2,1H3. The van der Waals surface area contributed by atoms with Crippen molar-refractivity contribution in [3.05, 3.63) is 18.0 Å². The molecule has 5 nitrogen and oxygen atoms in total. The molecule has 1 aromatic heterocycles. The van der Waals surface area contributed by atoms with Crippen LogP contribution in [-0.2, 0) is 0 Å². The first kappa shape index (κ1) is 10.6. The Morgan fingerprint density at radius 2 is 2.14 bits per heavy atom. The molecule has 1 aromatic rings.